The number of aromatic amines is 1. The summed E-state index contributed by atoms with van der Waals surface area (Å²) in [6, 6.07) is 12.5. The van der Waals surface area contributed by atoms with E-state index < -0.39 is 28.9 Å². The number of halogens is 3. The third-order valence-electron chi connectivity index (χ3n) is 4.92. The van der Waals surface area contributed by atoms with Crippen molar-refractivity contribution in [3.05, 3.63) is 64.6 Å². The molecule has 0 saturated carbocycles. The molecule has 0 aliphatic heterocycles. The van der Waals surface area contributed by atoms with Gasteiger partial charge >= 0.3 is 6.18 Å². The number of para-hydroxylation sites is 1. The van der Waals surface area contributed by atoms with Crippen LogP contribution < -0.4 is 10.3 Å². The molecule has 3 aromatic heterocycles. The Morgan fingerprint density at radius 1 is 1.09 bits per heavy atom. The second-order valence-electron chi connectivity index (χ2n) is 6.83. The molecule has 3 heterocycles. The van der Waals surface area contributed by atoms with E-state index in [1.807, 2.05) is 0 Å². The lowest BCUT2D eigenvalue weighted by molar-refractivity contribution is -0.140. The van der Waals surface area contributed by atoms with Crippen LogP contribution in [0, 0.1) is 0 Å². The minimum atomic E-state index is -4.84. The van der Waals surface area contributed by atoms with Crippen LogP contribution in [0.5, 0.6) is 11.6 Å². The summed E-state index contributed by atoms with van der Waals surface area (Å²) in [6.45, 7) is 0. The number of ether oxygens (including phenoxy) is 1. The van der Waals surface area contributed by atoms with Crippen LogP contribution in [-0.2, 0) is 6.18 Å². The van der Waals surface area contributed by atoms with Gasteiger partial charge < -0.3 is 19.2 Å². The Balaban J connectivity index is 1.82. The quantitative estimate of drug-likeness (QED) is 0.433. The molecule has 0 aliphatic rings. The summed E-state index contributed by atoms with van der Waals surface area (Å²) in [5.74, 6) is -0.781. The summed E-state index contributed by atoms with van der Waals surface area (Å²) in [5, 5.41) is 14.3. The van der Waals surface area contributed by atoms with E-state index in [0.29, 0.717) is 10.3 Å². The lowest BCUT2D eigenvalue weighted by Gasteiger charge is -2.06. The van der Waals surface area contributed by atoms with Crippen LogP contribution in [0.15, 0.2) is 57.7 Å². The Bertz CT molecular complexity index is 1530. The smallest absolute Gasteiger partial charge is 0.435 e. The van der Waals surface area contributed by atoms with Crippen LogP contribution in [0.3, 0.4) is 0 Å². The zero-order chi connectivity index (χ0) is 22.6. The van der Waals surface area contributed by atoms with Crippen LogP contribution in [0.25, 0.3) is 39.3 Å². The fourth-order valence-corrected chi connectivity index (χ4v) is 3.53. The van der Waals surface area contributed by atoms with Crippen LogP contribution in [0.2, 0.25) is 0 Å². The van der Waals surface area contributed by atoms with Crippen molar-refractivity contribution in [1.82, 2.24) is 19.6 Å². The number of fused-ring (bicyclic) bond motifs is 2. The first kappa shape index (κ1) is 19.7. The third kappa shape index (κ3) is 2.89. The molecule has 2 N–H and O–H groups in total. The Morgan fingerprint density at radius 3 is 2.53 bits per heavy atom. The van der Waals surface area contributed by atoms with E-state index in [1.165, 1.54) is 19.2 Å². The first-order valence-corrected chi connectivity index (χ1v) is 9.24. The van der Waals surface area contributed by atoms with Crippen molar-refractivity contribution in [2.75, 3.05) is 7.11 Å². The SMILES string of the molecule is COc1cccc2oc(-c3c(O)n4nc(C(F)(F)F)c(-c5ccccc5)c4[nH]c3=O)nc12. The monoisotopic (exact) mass is 442 g/mol. The van der Waals surface area contributed by atoms with Crippen molar-refractivity contribution in [3.8, 4) is 34.2 Å². The number of rotatable bonds is 3. The molecule has 5 rings (SSSR count). The van der Waals surface area contributed by atoms with E-state index in [-0.39, 0.29) is 33.8 Å². The van der Waals surface area contributed by atoms with E-state index >= 15 is 0 Å². The molecule has 32 heavy (non-hydrogen) atoms. The van der Waals surface area contributed by atoms with Gasteiger partial charge in [-0.15, -0.1) is 0 Å². The molecule has 0 aliphatic carbocycles. The fraction of sp³-hybridized carbons (Fsp3) is 0.0952. The topological polar surface area (TPSA) is 106 Å². The van der Waals surface area contributed by atoms with Gasteiger partial charge in [0.2, 0.25) is 11.8 Å². The number of oxazole rings is 1. The standard InChI is InChI=1S/C21H13F3N4O4/c1-31-11-8-5-9-12-15(11)25-19(32-12)14-18(29)26-17-13(10-6-3-2-4-7-10)16(21(22,23)24)27-28(17)20(14)30/h2-9,30H,1H3,(H,26,29). The zero-order valence-corrected chi connectivity index (χ0v) is 16.3. The molecule has 0 saturated heterocycles. The highest BCUT2D eigenvalue weighted by Crippen LogP contribution is 2.40. The fourth-order valence-electron chi connectivity index (χ4n) is 3.53. The maximum Gasteiger partial charge on any atom is 0.435 e. The number of H-pyrrole nitrogens is 1. The largest absolute Gasteiger partial charge is 0.494 e. The predicted octanol–water partition coefficient (Wildman–Crippen LogP) is 4.23. The molecule has 0 bridgehead atoms. The van der Waals surface area contributed by atoms with Gasteiger partial charge in [0.25, 0.3) is 5.56 Å². The average molecular weight is 442 g/mol. The number of benzene rings is 2. The molecule has 0 atom stereocenters. The molecular formula is C21H13F3N4O4. The second-order valence-corrected chi connectivity index (χ2v) is 6.83. The van der Waals surface area contributed by atoms with Crippen molar-refractivity contribution in [1.29, 1.82) is 0 Å². The van der Waals surface area contributed by atoms with Crippen molar-refractivity contribution in [3.63, 3.8) is 0 Å². The van der Waals surface area contributed by atoms with E-state index in [2.05, 4.69) is 15.1 Å². The number of aromatic hydroxyl groups is 1. The molecule has 0 unspecified atom stereocenters. The first-order valence-electron chi connectivity index (χ1n) is 9.24. The van der Waals surface area contributed by atoms with Gasteiger partial charge in [-0.1, -0.05) is 36.4 Å². The number of methoxy groups -OCH3 is 1. The Morgan fingerprint density at radius 2 is 1.84 bits per heavy atom. The Kier molecular flexibility index (Phi) is 4.22. The van der Waals surface area contributed by atoms with Crippen LogP contribution in [0.4, 0.5) is 13.2 Å². The molecular weight excluding hydrogens is 429 g/mol. The number of nitrogens with zero attached hydrogens (tertiary/aromatic N) is 3. The summed E-state index contributed by atoms with van der Waals surface area (Å²) < 4.78 is 52.7. The summed E-state index contributed by atoms with van der Waals surface area (Å²) in [7, 11) is 1.42. The molecule has 11 heteroatoms. The number of alkyl halides is 3. The molecule has 5 aromatic rings. The number of nitrogens with one attached hydrogen (secondary N) is 1. The van der Waals surface area contributed by atoms with Crippen molar-refractivity contribution < 1.29 is 27.4 Å². The highest BCUT2D eigenvalue weighted by molar-refractivity contribution is 5.84. The predicted molar refractivity (Wildman–Crippen MR) is 107 cm³/mol. The first-order chi connectivity index (χ1) is 15.3. The minimum absolute atomic E-state index is 0.171. The third-order valence-corrected chi connectivity index (χ3v) is 4.92. The summed E-state index contributed by atoms with van der Waals surface area (Å²) in [6.07, 6.45) is -4.84. The molecule has 8 nitrogen and oxygen atoms in total. The lowest BCUT2D eigenvalue weighted by Crippen LogP contribution is -2.13. The van der Waals surface area contributed by atoms with E-state index in [4.69, 9.17) is 9.15 Å². The van der Waals surface area contributed by atoms with Crippen molar-refractivity contribution >= 4 is 16.7 Å². The van der Waals surface area contributed by atoms with E-state index in [1.54, 1.807) is 36.4 Å². The van der Waals surface area contributed by atoms with Crippen molar-refractivity contribution in [2.45, 2.75) is 6.18 Å². The molecule has 162 valence electrons. The lowest BCUT2D eigenvalue weighted by atomic mass is 10.1. The van der Waals surface area contributed by atoms with Crippen LogP contribution in [-0.4, -0.2) is 31.8 Å². The number of aromatic nitrogens is 4. The second kappa shape index (κ2) is 6.87. The van der Waals surface area contributed by atoms with Crippen LogP contribution >= 0.6 is 0 Å². The summed E-state index contributed by atoms with van der Waals surface area (Å²) >= 11 is 0. The van der Waals surface area contributed by atoms with Gasteiger partial charge in [-0.05, 0) is 17.7 Å². The summed E-state index contributed by atoms with van der Waals surface area (Å²) in [4.78, 5) is 19.4. The van der Waals surface area contributed by atoms with Gasteiger partial charge in [0.15, 0.2) is 22.4 Å². The van der Waals surface area contributed by atoms with Gasteiger partial charge in [0.1, 0.15) is 11.4 Å². The summed E-state index contributed by atoms with van der Waals surface area (Å²) in [5.41, 5.74) is -2.59. The van der Waals surface area contributed by atoms with Crippen LogP contribution in [0.1, 0.15) is 5.69 Å². The normalized spacial score (nSPS) is 12.0. The molecule has 0 spiro atoms. The molecule has 0 fully saturated rings. The van der Waals surface area contributed by atoms with Gasteiger partial charge in [0.05, 0.1) is 12.7 Å². The van der Waals surface area contributed by atoms with Gasteiger partial charge in [0, 0.05) is 0 Å². The van der Waals surface area contributed by atoms with E-state index in [9.17, 15) is 23.1 Å². The average Bonchev–Trinajstić information content (AvgIpc) is 3.36. The Labute approximate surface area is 176 Å². The van der Waals surface area contributed by atoms with Gasteiger partial charge in [-0.25, -0.2) is 4.98 Å². The zero-order valence-electron chi connectivity index (χ0n) is 16.3. The minimum Gasteiger partial charge on any atom is -0.494 e. The van der Waals surface area contributed by atoms with Gasteiger partial charge in [-0.3, -0.25) is 4.79 Å². The molecule has 0 amide bonds. The highest BCUT2D eigenvalue weighted by atomic mass is 19.4. The maximum atomic E-state index is 13.8. The number of hydrogen-bond acceptors (Lipinski definition) is 6. The number of hydrogen-bond donors (Lipinski definition) is 2. The van der Waals surface area contributed by atoms with Crippen molar-refractivity contribution in [2.24, 2.45) is 0 Å². The Hall–Kier alpha value is -4.28. The maximum absolute atomic E-state index is 13.8. The van der Waals surface area contributed by atoms with Gasteiger partial charge in [-0.2, -0.15) is 22.8 Å². The molecule has 0 radical (unpaired) electrons. The molecule has 2 aromatic carbocycles. The van der Waals surface area contributed by atoms with E-state index in [0.717, 1.165) is 0 Å². The highest BCUT2D eigenvalue weighted by Gasteiger charge is 2.40.